The van der Waals surface area contributed by atoms with E-state index < -0.39 is 0 Å². The van der Waals surface area contributed by atoms with Gasteiger partial charge in [-0.2, -0.15) is 0 Å². The lowest BCUT2D eigenvalue weighted by atomic mass is 10.1. The fourth-order valence-corrected chi connectivity index (χ4v) is 1.73. The Labute approximate surface area is 99.0 Å². The smallest absolute Gasteiger partial charge is 0.336 e. The highest BCUT2D eigenvalue weighted by molar-refractivity contribution is 5.82. The minimum absolute atomic E-state index is 0.197. The highest BCUT2D eigenvalue weighted by atomic mass is 16.5. The summed E-state index contributed by atoms with van der Waals surface area (Å²) < 4.78 is 10.5. The summed E-state index contributed by atoms with van der Waals surface area (Å²) >= 11 is 0. The molecule has 0 unspecified atom stereocenters. The van der Waals surface area contributed by atoms with E-state index in [-0.39, 0.29) is 12.2 Å². The molecule has 1 heterocycles. The number of hydrogen-bond donors (Lipinski definition) is 0. The lowest BCUT2D eigenvalue weighted by molar-refractivity contribution is 0.367. The zero-order valence-corrected chi connectivity index (χ0v) is 9.74. The fraction of sp³-hybridized carbons (Fsp3) is 0.214. The Morgan fingerprint density at radius 3 is 2.76 bits per heavy atom. The van der Waals surface area contributed by atoms with Gasteiger partial charge in [0.1, 0.15) is 17.9 Å². The number of aryl methyl sites for hydroxylation is 2. The molecule has 0 atom stereocenters. The number of hydrogen-bond acceptors (Lipinski definition) is 3. The topological polar surface area (TPSA) is 39.4 Å². The van der Waals surface area contributed by atoms with Gasteiger partial charge in [0.2, 0.25) is 0 Å². The first-order chi connectivity index (χ1) is 8.11. The number of ether oxygens (including phenoxy) is 1. The van der Waals surface area contributed by atoms with E-state index in [1.54, 1.807) is 6.07 Å². The molecule has 0 saturated carbocycles. The van der Waals surface area contributed by atoms with Crippen LogP contribution in [0.2, 0.25) is 0 Å². The Kier molecular flexibility index (Phi) is 2.88. The van der Waals surface area contributed by atoms with Crippen molar-refractivity contribution in [3.8, 4) is 18.1 Å². The lowest BCUT2D eigenvalue weighted by Crippen LogP contribution is -2.00. The zero-order chi connectivity index (χ0) is 12.4. The second-order valence-electron chi connectivity index (χ2n) is 3.86. The Morgan fingerprint density at radius 1 is 1.29 bits per heavy atom. The van der Waals surface area contributed by atoms with Crippen molar-refractivity contribution in [3.63, 3.8) is 0 Å². The van der Waals surface area contributed by atoms with Gasteiger partial charge in [-0.3, -0.25) is 0 Å². The SMILES string of the molecule is C#CCOc1cc2oc(=O)cc(C)c2cc1C. The van der Waals surface area contributed by atoms with Crippen LogP contribution in [0.5, 0.6) is 5.75 Å². The summed E-state index contributed by atoms with van der Waals surface area (Å²) in [5.74, 6) is 3.04. The first kappa shape index (κ1) is 11.3. The Bertz CT molecular complexity index is 659. The van der Waals surface area contributed by atoms with Crippen LogP contribution in [-0.2, 0) is 0 Å². The van der Waals surface area contributed by atoms with Crippen molar-refractivity contribution in [2.24, 2.45) is 0 Å². The summed E-state index contributed by atoms with van der Waals surface area (Å²) in [5.41, 5.74) is 2.02. The first-order valence-corrected chi connectivity index (χ1v) is 5.23. The number of fused-ring (bicyclic) bond motifs is 1. The van der Waals surface area contributed by atoms with Crippen molar-refractivity contribution in [2.45, 2.75) is 13.8 Å². The van der Waals surface area contributed by atoms with Gasteiger partial charge >= 0.3 is 5.63 Å². The highest BCUT2D eigenvalue weighted by Gasteiger charge is 2.07. The van der Waals surface area contributed by atoms with E-state index in [9.17, 15) is 4.79 Å². The molecule has 0 aliphatic rings. The second kappa shape index (κ2) is 4.34. The average molecular weight is 228 g/mol. The summed E-state index contributed by atoms with van der Waals surface area (Å²) in [7, 11) is 0. The third-order valence-electron chi connectivity index (χ3n) is 2.56. The number of rotatable bonds is 2. The molecule has 17 heavy (non-hydrogen) atoms. The van der Waals surface area contributed by atoms with Crippen molar-refractivity contribution in [3.05, 3.63) is 39.7 Å². The van der Waals surface area contributed by atoms with E-state index in [2.05, 4.69) is 5.92 Å². The van der Waals surface area contributed by atoms with Gasteiger partial charge < -0.3 is 9.15 Å². The molecule has 0 N–H and O–H groups in total. The quantitative estimate of drug-likeness (QED) is 0.585. The predicted octanol–water partition coefficient (Wildman–Crippen LogP) is 2.42. The maximum absolute atomic E-state index is 11.3. The minimum atomic E-state index is -0.359. The molecular weight excluding hydrogens is 216 g/mol. The van der Waals surface area contributed by atoms with Gasteiger partial charge in [0, 0.05) is 17.5 Å². The van der Waals surface area contributed by atoms with Crippen molar-refractivity contribution in [1.29, 1.82) is 0 Å². The lowest BCUT2D eigenvalue weighted by Gasteiger charge is -2.08. The molecular formula is C14H12O3. The second-order valence-corrected chi connectivity index (χ2v) is 3.86. The average Bonchev–Trinajstić information content (AvgIpc) is 2.27. The van der Waals surface area contributed by atoms with E-state index >= 15 is 0 Å². The standard InChI is InChI=1S/C14H12O3/c1-4-5-16-12-8-13-11(6-10(12)3)9(2)7-14(15)17-13/h1,6-8H,5H2,2-3H3. The molecule has 0 bridgehead atoms. The van der Waals surface area contributed by atoms with Gasteiger partial charge in [0.25, 0.3) is 0 Å². The fourth-order valence-electron chi connectivity index (χ4n) is 1.73. The van der Waals surface area contributed by atoms with Crippen LogP contribution in [0.4, 0.5) is 0 Å². The van der Waals surface area contributed by atoms with Gasteiger partial charge in [-0.25, -0.2) is 4.79 Å². The van der Waals surface area contributed by atoms with E-state index in [0.717, 1.165) is 16.5 Å². The molecule has 2 aromatic rings. The number of benzene rings is 1. The molecule has 3 heteroatoms. The van der Waals surface area contributed by atoms with E-state index in [4.69, 9.17) is 15.6 Å². The normalized spacial score (nSPS) is 10.2. The Balaban J connectivity index is 2.64. The molecule has 2 rings (SSSR count). The molecule has 1 aromatic carbocycles. The summed E-state index contributed by atoms with van der Waals surface area (Å²) in [5, 5.41) is 0.912. The summed E-state index contributed by atoms with van der Waals surface area (Å²) in [6.45, 7) is 4.00. The molecule has 3 nitrogen and oxygen atoms in total. The van der Waals surface area contributed by atoms with Gasteiger partial charge in [-0.1, -0.05) is 5.92 Å². The van der Waals surface area contributed by atoms with Crippen molar-refractivity contribution >= 4 is 11.0 Å². The number of terminal acetylenes is 1. The van der Waals surface area contributed by atoms with Crippen LogP contribution in [-0.4, -0.2) is 6.61 Å². The monoisotopic (exact) mass is 228 g/mol. The molecule has 0 fully saturated rings. The molecule has 0 amide bonds. The molecule has 0 saturated heterocycles. The molecule has 86 valence electrons. The van der Waals surface area contributed by atoms with Gasteiger partial charge in [-0.15, -0.1) is 6.42 Å². The highest BCUT2D eigenvalue weighted by Crippen LogP contribution is 2.26. The van der Waals surface area contributed by atoms with E-state index in [1.165, 1.54) is 6.07 Å². The van der Waals surface area contributed by atoms with Gasteiger partial charge in [0.05, 0.1) is 0 Å². The maximum atomic E-state index is 11.3. The van der Waals surface area contributed by atoms with Crippen LogP contribution >= 0.6 is 0 Å². The van der Waals surface area contributed by atoms with E-state index in [1.807, 2.05) is 19.9 Å². The minimum Gasteiger partial charge on any atom is -0.481 e. The van der Waals surface area contributed by atoms with Crippen molar-refractivity contribution in [2.75, 3.05) is 6.61 Å². The van der Waals surface area contributed by atoms with Crippen LogP contribution in [0.15, 0.2) is 27.4 Å². The van der Waals surface area contributed by atoms with Crippen LogP contribution in [0.25, 0.3) is 11.0 Å². The Hall–Kier alpha value is -2.21. The predicted molar refractivity (Wildman–Crippen MR) is 66.3 cm³/mol. The summed E-state index contributed by atoms with van der Waals surface area (Å²) in [6, 6.07) is 5.11. The molecule has 1 aromatic heterocycles. The first-order valence-electron chi connectivity index (χ1n) is 5.23. The summed E-state index contributed by atoms with van der Waals surface area (Å²) in [6.07, 6.45) is 5.14. The van der Waals surface area contributed by atoms with E-state index in [0.29, 0.717) is 11.3 Å². The molecule has 0 radical (unpaired) electrons. The van der Waals surface area contributed by atoms with Gasteiger partial charge in [-0.05, 0) is 31.0 Å². The van der Waals surface area contributed by atoms with Crippen LogP contribution in [0.1, 0.15) is 11.1 Å². The van der Waals surface area contributed by atoms with Crippen LogP contribution < -0.4 is 10.4 Å². The zero-order valence-electron chi connectivity index (χ0n) is 9.74. The van der Waals surface area contributed by atoms with Crippen LogP contribution in [0, 0.1) is 26.2 Å². The molecule has 0 spiro atoms. The Morgan fingerprint density at radius 2 is 2.06 bits per heavy atom. The summed E-state index contributed by atoms with van der Waals surface area (Å²) in [4.78, 5) is 11.3. The van der Waals surface area contributed by atoms with Gasteiger partial charge in [0.15, 0.2) is 0 Å². The molecule has 0 aliphatic heterocycles. The molecule has 0 aliphatic carbocycles. The third-order valence-corrected chi connectivity index (χ3v) is 2.56. The van der Waals surface area contributed by atoms with Crippen LogP contribution in [0.3, 0.4) is 0 Å². The van der Waals surface area contributed by atoms with Crippen molar-refractivity contribution < 1.29 is 9.15 Å². The largest absolute Gasteiger partial charge is 0.481 e. The maximum Gasteiger partial charge on any atom is 0.336 e. The van der Waals surface area contributed by atoms with Crippen molar-refractivity contribution in [1.82, 2.24) is 0 Å². The third kappa shape index (κ3) is 2.16.